The lowest BCUT2D eigenvalue weighted by Crippen LogP contribution is -2.42. The molecular formula is C22H29IN4O2S. The SMILES string of the molecule is CN=C(NCCCN1C(=O)COc2ccccc21)NCc1ccc(C)cc1SC.I. The first-order valence-electron chi connectivity index (χ1n) is 9.72. The number of carbonyl (C=O) groups is 1. The fraction of sp³-hybridized carbons (Fsp3) is 0.364. The lowest BCUT2D eigenvalue weighted by atomic mass is 10.1. The Balaban J connectivity index is 0.00000320. The number of para-hydroxylation sites is 2. The molecule has 0 fully saturated rings. The summed E-state index contributed by atoms with van der Waals surface area (Å²) in [7, 11) is 1.77. The highest BCUT2D eigenvalue weighted by Crippen LogP contribution is 2.31. The molecule has 0 saturated heterocycles. The highest BCUT2D eigenvalue weighted by atomic mass is 127. The third-order valence-electron chi connectivity index (χ3n) is 4.77. The molecule has 0 unspecified atom stereocenters. The molecule has 0 radical (unpaired) electrons. The molecule has 0 bridgehead atoms. The van der Waals surface area contributed by atoms with Gasteiger partial charge in [0.1, 0.15) is 5.75 Å². The first-order valence-corrected chi connectivity index (χ1v) is 10.9. The lowest BCUT2D eigenvalue weighted by molar-refractivity contribution is -0.121. The molecule has 2 aromatic rings. The van der Waals surface area contributed by atoms with E-state index < -0.39 is 0 Å². The molecule has 0 atom stereocenters. The molecule has 1 heterocycles. The maximum Gasteiger partial charge on any atom is 0.265 e. The number of ether oxygens (including phenoxy) is 1. The van der Waals surface area contributed by atoms with Crippen molar-refractivity contribution < 1.29 is 9.53 Å². The molecule has 0 aromatic heterocycles. The van der Waals surface area contributed by atoms with Gasteiger partial charge in [0.05, 0.1) is 5.69 Å². The molecule has 1 aliphatic rings. The van der Waals surface area contributed by atoms with Gasteiger partial charge in [-0.2, -0.15) is 0 Å². The molecule has 1 amide bonds. The van der Waals surface area contributed by atoms with Gasteiger partial charge in [-0.25, -0.2) is 0 Å². The molecule has 8 heteroatoms. The molecule has 6 nitrogen and oxygen atoms in total. The zero-order valence-electron chi connectivity index (χ0n) is 17.6. The summed E-state index contributed by atoms with van der Waals surface area (Å²) in [4.78, 5) is 19.6. The van der Waals surface area contributed by atoms with Crippen molar-refractivity contribution in [1.29, 1.82) is 0 Å². The summed E-state index contributed by atoms with van der Waals surface area (Å²) >= 11 is 1.75. The predicted octanol–water partition coefficient (Wildman–Crippen LogP) is 3.82. The Kier molecular flexibility index (Phi) is 9.77. The smallest absolute Gasteiger partial charge is 0.265 e. The Labute approximate surface area is 199 Å². The van der Waals surface area contributed by atoms with Gasteiger partial charge < -0.3 is 20.3 Å². The summed E-state index contributed by atoms with van der Waals surface area (Å²) in [6, 6.07) is 14.1. The highest BCUT2D eigenvalue weighted by Gasteiger charge is 2.24. The second-order valence-corrected chi connectivity index (χ2v) is 7.67. The van der Waals surface area contributed by atoms with E-state index >= 15 is 0 Å². The van der Waals surface area contributed by atoms with Crippen LogP contribution >= 0.6 is 35.7 Å². The number of rotatable bonds is 7. The van der Waals surface area contributed by atoms with Gasteiger partial charge in [0.15, 0.2) is 12.6 Å². The Morgan fingerprint density at radius 1 is 1.23 bits per heavy atom. The summed E-state index contributed by atoms with van der Waals surface area (Å²) in [6.45, 7) is 4.27. The molecule has 0 aliphatic carbocycles. The van der Waals surface area contributed by atoms with Crippen molar-refractivity contribution in [3.63, 3.8) is 0 Å². The minimum atomic E-state index is -0.00447. The molecule has 0 spiro atoms. The number of fused-ring (bicyclic) bond motifs is 1. The van der Waals surface area contributed by atoms with Crippen molar-refractivity contribution in [2.75, 3.05) is 37.9 Å². The number of nitrogens with zero attached hydrogens (tertiary/aromatic N) is 2. The van der Waals surface area contributed by atoms with E-state index in [-0.39, 0.29) is 36.5 Å². The molecule has 1 aliphatic heterocycles. The van der Waals surface area contributed by atoms with Gasteiger partial charge in [-0.05, 0) is 48.9 Å². The van der Waals surface area contributed by atoms with Crippen molar-refractivity contribution in [2.45, 2.75) is 24.8 Å². The number of thioether (sulfide) groups is 1. The van der Waals surface area contributed by atoms with E-state index in [4.69, 9.17) is 4.74 Å². The molecule has 2 N–H and O–H groups in total. The van der Waals surface area contributed by atoms with Gasteiger partial charge in [0.25, 0.3) is 5.91 Å². The van der Waals surface area contributed by atoms with E-state index in [2.05, 4.69) is 47.0 Å². The number of guanidine groups is 1. The van der Waals surface area contributed by atoms with Crippen LogP contribution in [0, 0.1) is 6.92 Å². The van der Waals surface area contributed by atoms with Crippen LogP contribution in [0.3, 0.4) is 0 Å². The molecule has 30 heavy (non-hydrogen) atoms. The Bertz CT molecular complexity index is 891. The van der Waals surface area contributed by atoms with Crippen molar-refractivity contribution in [3.05, 3.63) is 53.6 Å². The largest absolute Gasteiger partial charge is 0.482 e. The third kappa shape index (κ3) is 6.28. The van der Waals surface area contributed by atoms with E-state index in [1.807, 2.05) is 24.3 Å². The second-order valence-electron chi connectivity index (χ2n) is 6.82. The Hall–Kier alpha value is -1.94. The predicted molar refractivity (Wildman–Crippen MR) is 135 cm³/mol. The number of hydrogen-bond acceptors (Lipinski definition) is 4. The van der Waals surface area contributed by atoms with Gasteiger partial charge in [0, 0.05) is 31.6 Å². The van der Waals surface area contributed by atoms with Gasteiger partial charge in [-0.1, -0.05) is 24.3 Å². The fourth-order valence-corrected chi connectivity index (χ4v) is 3.95. The average molecular weight is 540 g/mol. The zero-order valence-corrected chi connectivity index (χ0v) is 20.8. The van der Waals surface area contributed by atoms with Crippen molar-refractivity contribution in [3.8, 4) is 5.75 Å². The molecular weight excluding hydrogens is 511 g/mol. The molecule has 162 valence electrons. The average Bonchev–Trinajstić information content (AvgIpc) is 2.75. The summed E-state index contributed by atoms with van der Waals surface area (Å²) in [5, 5.41) is 6.70. The van der Waals surface area contributed by atoms with Crippen LogP contribution < -0.4 is 20.3 Å². The minimum Gasteiger partial charge on any atom is -0.482 e. The quantitative estimate of drug-likeness (QED) is 0.184. The van der Waals surface area contributed by atoms with Crippen LogP contribution in [0.15, 0.2) is 52.4 Å². The van der Waals surface area contributed by atoms with E-state index in [9.17, 15) is 4.79 Å². The summed E-state index contributed by atoms with van der Waals surface area (Å²) in [6.07, 6.45) is 2.90. The topological polar surface area (TPSA) is 66.0 Å². The van der Waals surface area contributed by atoms with E-state index in [0.717, 1.165) is 30.4 Å². The molecule has 2 aromatic carbocycles. The Morgan fingerprint density at radius 3 is 2.80 bits per heavy atom. The van der Waals surface area contributed by atoms with Crippen LogP contribution in [-0.2, 0) is 11.3 Å². The van der Waals surface area contributed by atoms with Crippen molar-refractivity contribution in [1.82, 2.24) is 10.6 Å². The Morgan fingerprint density at radius 2 is 2.03 bits per heavy atom. The number of benzene rings is 2. The van der Waals surface area contributed by atoms with E-state index in [0.29, 0.717) is 13.1 Å². The van der Waals surface area contributed by atoms with Crippen LogP contribution in [0.2, 0.25) is 0 Å². The van der Waals surface area contributed by atoms with Gasteiger partial charge in [0.2, 0.25) is 0 Å². The van der Waals surface area contributed by atoms with Crippen LogP contribution in [0.1, 0.15) is 17.5 Å². The number of nitrogens with one attached hydrogen (secondary N) is 2. The monoisotopic (exact) mass is 540 g/mol. The maximum absolute atomic E-state index is 12.2. The summed E-state index contributed by atoms with van der Waals surface area (Å²) in [5.74, 6) is 1.52. The first-order chi connectivity index (χ1) is 14.1. The second kappa shape index (κ2) is 12.0. The summed E-state index contributed by atoms with van der Waals surface area (Å²) < 4.78 is 5.49. The number of aryl methyl sites for hydroxylation is 1. The van der Waals surface area contributed by atoms with Gasteiger partial charge in [-0.3, -0.25) is 9.79 Å². The fourth-order valence-electron chi connectivity index (χ4n) is 3.24. The van der Waals surface area contributed by atoms with Gasteiger partial charge >= 0.3 is 0 Å². The first kappa shape index (κ1) is 24.3. The van der Waals surface area contributed by atoms with Crippen LogP contribution in [0.4, 0.5) is 5.69 Å². The lowest BCUT2D eigenvalue weighted by Gasteiger charge is -2.29. The minimum absolute atomic E-state index is 0. The van der Waals surface area contributed by atoms with E-state index in [1.165, 1.54) is 16.0 Å². The number of amides is 1. The number of carbonyl (C=O) groups excluding carboxylic acids is 1. The van der Waals surface area contributed by atoms with Crippen molar-refractivity contribution in [2.24, 2.45) is 4.99 Å². The van der Waals surface area contributed by atoms with Crippen LogP contribution in [0.25, 0.3) is 0 Å². The highest BCUT2D eigenvalue weighted by molar-refractivity contribution is 14.0. The van der Waals surface area contributed by atoms with E-state index in [1.54, 1.807) is 23.7 Å². The summed E-state index contributed by atoms with van der Waals surface area (Å²) in [5.41, 5.74) is 3.36. The van der Waals surface area contributed by atoms with Gasteiger partial charge in [-0.15, -0.1) is 35.7 Å². The number of hydrogen-bond donors (Lipinski definition) is 2. The zero-order chi connectivity index (χ0) is 20.6. The number of halogens is 1. The third-order valence-corrected chi connectivity index (χ3v) is 5.59. The normalized spacial score (nSPS) is 13.2. The number of anilines is 1. The van der Waals surface area contributed by atoms with Crippen LogP contribution in [-0.4, -0.2) is 44.9 Å². The maximum atomic E-state index is 12.2. The number of aliphatic imine (C=N–C) groups is 1. The molecule has 3 rings (SSSR count). The molecule has 0 saturated carbocycles. The van der Waals surface area contributed by atoms with Crippen molar-refractivity contribution >= 4 is 53.3 Å². The standard InChI is InChI=1S/C22H28N4O2S.HI/c1-16-9-10-17(20(13-16)29-3)14-25-22(23-2)24-11-6-12-26-18-7-4-5-8-19(18)28-15-21(26)27;/h4-5,7-10,13H,6,11-12,14-15H2,1-3H3,(H2,23,24,25);1H. The van der Waals surface area contributed by atoms with Crippen LogP contribution in [0.5, 0.6) is 5.75 Å².